The van der Waals surface area contributed by atoms with Gasteiger partial charge in [-0.15, -0.1) is 0 Å². The smallest absolute Gasteiger partial charge is 0.306 e. The molecule has 3 N–H and O–H groups in total. The molecule has 0 aromatic heterocycles. The van der Waals surface area contributed by atoms with Gasteiger partial charge in [0.2, 0.25) is 0 Å². The predicted molar refractivity (Wildman–Crippen MR) is 116 cm³/mol. The Balaban J connectivity index is 3.19. The van der Waals surface area contributed by atoms with Gasteiger partial charge >= 0.3 is 17.9 Å². The van der Waals surface area contributed by atoms with Gasteiger partial charge in [0.1, 0.15) is 0 Å². The predicted octanol–water partition coefficient (Wildman–Crippen LogP) is 5.69. The van der Waals surface area contributed by atoms with Crippen LogP contribution in [-0.2, 0) is 14.4 Å². The maximum absolute atomic E-state index is 12.0. The van der Waals surface area contributed by atoms with Crippen LogP contribution in [0.25, 0.3) is 0 Å². The van der Waals surface area contributed by atoms with E-state index in [2.05, 4.69) is 0 Å². The summed E-state index contributed by atoms with van der Waals surface area (Å²) < 4.78 is 0. The number of hydrogen-bond acceptors (Lipinski definition) is 3. The lowest BCUT2D eigenvalue weighted by Gasteiger charge is -2.42. The van der Waals surface area contributed by atoms with Crippen molar-refractivity contribution in [2.45, 2.75) is 97.8 Å². The van der Waals surface area contributed by atoms with Crippen molar-refractivity contribution in [3.8, 4) is 0 Å². The van der Waals surface area contributed by atoms with Crippen molar-refractivity contribution in [1.82, 2.24) is 0 Å². The van der Waals surface area contributed by atoms with Crippen LogP contribution in [0.1, 0.15) is 97.8 Å². The zero-order chi connectivity index (χ0) is 22.7. The van der Waals surface area contributed by atoms with Crippen LogP contribution in [0.15, 0.2) is 0 Å². The Labute approximate surface area is 181 Å². The Morgan fingerprint density at radius 1 is 0.600 bits per heavy atom. The summed E-state index contributed by atoms with van der Waals surface area (Å²) in [5.74, 6) is -4.47. The van der Waals surface area contributed by atoms with Crippen molar-refractivity contribution in [3.63, 3.8) is 0 Å². The van der Waals surface area contributed by atoms with E-state index < -0.39 is 35.7 Å². The zero-order valence-corrected chi connectivity index (χ0v) is 19.0. The summed E-state index contributed by atoms with van der Waals surface area (Å²) in [7, 11) is 0. The van der Waals surface area contributed by atoms with Gasteiger partial charge in [0.05, 0.1) is 17.8 Å². The molecule has 6 nitrogen and oxygen atoms in total. The summed E-state index contributed by atoms with van der Waals surface area (Å²) in [5.41, 5.74) is 0. The third kappa shape index (κ3) is 7.92. The van der Waals surface area contributed by atoms with E-state index in [0.717, 1.165) is 38.5 Å². The molecule has 0 bridgehead atoms. The number of unbranched alkanes of at least 4 members (excludes halogenated alkanes) is 3. The van der Waals surface area contributed by atoms with Gasteiger partial charge in [-0.1, -0.05) is 59.3 Å². The van der Waals surface area contributed by atoms with Crippen molar-refractivity contribution < 1.29 is 29.7 Å². The topological polar surface area (TPSA) is 112 Å². The second-order valence-corrected chi connectivity index (χ2v) is 9.25. The fourth-order valence-corrected chi connectivity index (χ4v) is 5.40. The minimum Gasteiger partial charge on any atom is -0.481 e. The molecule has 0 aromatic rings. The lowest BCUT2D eigenvalue weighted by molar-refractivity contribution is -0.149. The average molecular weight is 427 g/mol. The van der Waals surface area contributed by atoms with Crippen molar-refractivity contribution in [2.24, 2.45) is 35.5 Å². The van der Waals surface area contributed by atoms with Gasteiger partial charge in [0.15, 0.2) is 0 Å². The Morgan fingerprint density at radius 2 is 0.833 bits per heavy atom. The lowest BCUT2D eigenvalue weighted by atomic mass is 9.62. The maximum atomic E-state index is 12.0. The molecule has 1 fully saturated rings. The third-order valence-corrected chi connectivity index (χ3v) is 7.08. The van der Waals surface area contributed by atoms with E-state index in [1.807, 2.05) is 20.8 Å². The zero-order valence-electron chi connectivity index (χ0n) is 19.0. The third-order valence-electron chi connectivity index (χ3n) is 7.08. The van der Waals surface area contributed by atoms with Gasteiger partial charge in [0, 0.05) is 0 Å². The molecule has 0 saturated heterocycles. The molecule has 6 heteroatoms. The molecule has 174 valence electrons. The van der Waals surface area contributed by atoms with E-state index >= 15 is 0 Å². The number of aliphatic carboxylic acids is 3. The minimum absolute atomic E-state index is 0.148. The summed E-state index contributed by atoms with van der Waals surface area (Å²) in [6.07, 6.45) is 8.66. The van der Waals surface area contributed by atoms with E-state index in [-0.39, 0.29) is 17.8 Å². The quantitative estimate of drug-likeness (QED) is 0.310. The summed E-state index contributed by atoms with van der Waals surface area (Å²) in [4.78, 5) is 36.1. The molecule has 0 heterocycles. The molecule has 0 amide bonds. The van der Waals surface area contributed by atoms with Crippen LogP contribution in [0.3, 0.4) is 0 Å². The molecular formula is C24H42O6. The summed E-state index contributed by atoms with van der Waals surface area (Å²) in [5, 5.41) is 29.6. The van der Waals surface area contributed by atoms with Crippen LogP contribution in [0, 0.1) is 35.5 Å². The highest BCUT2D eigenvalue weighted by Crippen LogP contribution is 2.46. The highest BCUT2D eigenvalue weighted by molar-refractivity contribution is 5.72. The first-order valence-electron chi connectivity index (χ1n) is 11.9. The molecule has 0 spiro atoms. The first-order valence-corrected chi connectivity index (χ1v) is 11.9. The van der Waals surface area contributed by atoms with Crippen molar-refractivity contribution in [3.05, 3.63) is 0 Å². The Bertz CT molecular complexity index is 464. The maximum Gasteiger partial charge on any atom is 0.306 e. The molecule has 1 rings (SSSR count). The van der Waals surface area contributed by atoms with E-state index in [1.165, 1.54) is 0 Å². The molecule has 30 heavy (non-hydrogen) atoms. The van der Waals surface area contributed by atoms with Crippen molar-refractivity contribution in [2.75, 3.05) is 0 Å². The number of carboxylic acid groups (broad SMARTS) is 3. The minimum atomic E-state index is -0.825. The van der Waals surface area contributed by atoms with E-state index in [9.17, 15) is 29.7 Å². The summed E-state index contributed by atoms with van der Waals surface area (Å²) in [6, 6.07) is 0. The number of carboxylic acids is 3. The van der Waals surface area contributed by atoms with Gasteiger partial charge in [-0.2, -0.15) is 0 Å². The van der Waals surface area contributed by atoms with Gasteiger partial charge in [-0.05, 0) is 56.3 Å². The first-order chi connectivity index (χ1) is 14.3. The number of carbonyl (C=O) groups is 3. The van der Waals surface area contributed by atoms with E-state index in [1.54, 1.807) is 0 Å². The van der Waals surface area contributed by atoms with Crippen molar-refractivity contribution in [1.29, 1.82) is 0 Å². The molecule has 3 unspecified atom stereocenters. The molecule has 1 aliphatic carbocycles. The van der Waals surface area contributed by atoms with Crippen LogP contribution in [0.4, 0.5) is 0 Å². The molecule has 0 aliphatic heterocycles. The highest BCUT2D eigenvalue weighted by Gasteiger charge is 2.43. The van der Waals surface area contributed by atoms with Crippen molar-refractivity contribution >= 4 is 17.9 Å². The number of hydrogen-bond donors (Lipinski definition) is 3. The summed E-state index contributed by atoms with van der Waals surface area (Å²) in [6.45, 7) is 6.09. The van der Waals surface area contributed by atoms with Crippen LogP contribution < -0.4 is 0 Å². The fraction of sp³-hybridized carbons (Fsp3) is 0.875. The molecule has 1 saturated carbocycles. The van der Waals surface area contributed by atoms with Crippen LogP contribution >= 0.6 is 0 Å². The van der Waals surface area contributed by atoms with E-state index in [0.29, 0.717) is 38.5 Å². The lowest BCUT2D eigenvalue weighted by Crippen LogP contribution is -2.40. The molecule has 0 radical (unpaired) electrons. The normalized spacial score (nSPS) is 24.7. The highest BCUT2D eigenvalue weighted by atomic mass is 16.4. The molecular weight excluding hydrogens is 384 g/mol. The monoisotopic (exact) mass is 426 g/mol. The molecule has 3 atom stereocenters. The van der Waals surface area contributed by atoms with Gasteiger partial charge in [-0.25, -0.2) is 0 Å². The van der Waals surface area contributed by atoms with E-state index in [4.69, 9.17) is 0 Å². The second kappa shape index (κ2) is 13.7. The van der Waals surface area contributed by atoms with Gasteiger partial charge in [-0.3, -0.25) is 14.4 Å². The summed E-state index contributed by atoms with van der Waals surface area (Å²) >= 11 is 0. The van der Waals surface area contributed by atoms with Crippen LogP contribution in [-0.4, -0.2) is 33.2 Å². The van der Waals surface area contributed by atoms with Crippen LogP contribution in [0.2, 0.25) is 0 Å². The SMILES string of the molecule is CCCCC(C(=O)O)C1CC(C(CCCC)C(=O)O)CC(C(CCCC)C(=O)O)C1. The number of rotatable bonds is 15. The Morgan fingerprint density at radius 3 is 1.00 bits per heavy atom. The molecule has 1 aliphatic rings. The average Bonchev–Trinajstić information content (AvgIpc) is 2.68. The molecule has 0 aromatic carbocycles. The van der Waals surface area contributed by atoms with Gasteiger partial charge < -0.3 is 15.3 Å². The van der Waals surface area contributed by atoms with Gasteiger partial charge in [0.25, 0.3) is 0 Å². The standard InChI is InChI=1S/C24H42O6/c1-4-7-10-19(22(25)26)16-13-17(20(23(27)28)11-8-5-2)15-18(14-16)21(24(29)30)12-9-6-3/h16-21H,4-15H2,1-3H3,(H,25,26)(H,27,28)(H,29,30). The Kier molecular flexibility index (Phi) is 12.0. The Hall–Kier alpha value is -1.59. The fourth-order valence-electron chi connectivity index (χ4n) is 5.40. The second-order valence-electron chi connectivity index (χ2n) is 9.25. The first kappa shape index (κ1) is 26.4. The van der Waals surface area contributed by atoms with Crippen LogP contribution in [0.5, 0.6) is 0 Å². The largest absolute Gasteiger partial charge is 0.481 e.